The molecule has 3 rings (SSSR count). The number of alkyl halides is 3. The molecule has 1 fully saturated rings. The van der Waals surface area contributed by atoms with Crippen molar-refractivity contribution in [1.29, 1.82) is 0 Å². The van der Waals surface area contributed by atoms with Crippen LogP contribution in [0.15, 0.2) is 41.0 Å². The van der Waals surface area contributed by atoms with Gasteiger partial charge in [0, 0.05) is 49.1 Å². The van der Waals surface area contributed by atoms with Gasteiger partial charge in [0.25, 0.3) is 0 Å². The average Bonchev–Trinajstić information content (AvgIpc) is 2.73. The average molecular weight is 557 g/mol. The number of carbonyl (C=O) groups is 2. The molecule has 1 aromatic carbocycles. The number of anilines is 1. The first-order chi connectivity index (χ1) is 16.3. The van der Waals surface area contributed by atoms with Crippen LogP contribution in [-0.2, 0) is 28.7 Å². The van der Waals surface area contributed by atoms with Crippen LogP contribution in [0, 0.1) is 0 Å². The molecule has 0 aliphatic carbocycles. The van der Waals surface area contributed by atoms with E-state index in [4.69, 9.17) is 4.74 Å². The second-order valence-corrected chi connectivity index (χ2v) is 10.2. The number of ether oxygens (including phenoxy) is 1. The topological polar surface area (TPSA) is 74.8 Å². The van der Waals surface area contributed by atoms with E-state index in [0.29, 0.717) is 31.9 Å². The molecule has 7 nitrogen and oxygen atoms in total. The number of hydrogen-bond acceptors (Lipinski definition) is 5. The number of nitrogens with one attached hydrogen (secondary N) is 1. The van der Waals surface area contributed by atoms with Crippen molar-refractivity contribution in [3.63, 3.8) is 0 Å². The Labute approximate surface area is 210 Å². The minimum Gasteiger partial charge on any atom is -0.444 e. The second-order valence-electron chi connectivity index (χ2n) is 9.30. The third-order valence-corrected chi connectivity index (χ3v) is 5.73. The summed E-state index contributed by atoms with van der Waals surface area (Å²) in [5, 5.41) is 2.52. The number of amides is 2. The standard InChI is InChI=1S/C24H28BrF3N4O3/c1-23(2,3)35-22(34)32-10-8-31(9-11-32)15-16-4-5-18(13-20(16)24(26,27)28)30-21(33)14-19-12-17(25)6-7-29-19/h4-7,12-13H,8-11,14-15H2,1-3H3,(H,30,33). The lowest BCUT2D eigenvalue weighted by molar-refractivity contribution is -0.138. The molecule has 11 heteroatoms. The normalized spacial score (nSPS) is 15.1. The SMILES string of the molecule is CC(C)(C)OC(=O)N1CCN(Cc2ccc(NC(=O)Cc3cc(Br)ccn3)cc2C(F)(F)F)CC1. The van der Waals surface area contributed by atoms with Crippen molar-refractivity contribution in [2.75, 3.05) is 31.5 Å². The first-order valence-electron chi connectivity index (χ1n) is 11.1. The Kier molecular flexibility index (Phi) is 8.42. The maximum Gasteiger partial charge on any atom is 0.416 e. The fourth-order valence-electron chi connectivity index (χ4n) is 3.63. The van der Waals surface area contributed by atoms with Crippen molar-refractivity contribution in [1.82, 2.24) is 14.8 Å². The first-order valence-corrected chi connectivity index (χ1v) is 11.9. The number of aromatic nitrogens is 1. The molecule has 2 heterocycles. The summed E-state index contributed by atoms with van der Waals surface area (Å²) in [7, 11) is 0. The quantitative estimate of drug-likeness (QED) is 0.554. The summed E-state index contributed by atoms with van der Waals surface area (Å²) >= 11 is 3.29. The molecule has 1 aliphatic heterocycles. The van der Waals surface area contributed by atoms with E-state index in [-0.39, 0.29) is 24.2 Å². The summed E-state index contributed by atoms with van der Waals surface area (Å²) < 4.78 is 47.6. The summed E-state index contributed by atoms with van der Waals surface area (Å²) in [6.45, 7) is 7.01. The number of benzene rings is 1. The third kappa shape index (κ3) is 8.21. The Hall–Kier alpha value is -2.66. The highest BCUT2D eigenvalue weighted by atomic mass is 79.9. The Morgan fingerprint density at radius 1 is 1.09 bits per heavy atom. The number of piperazine rings is 1. The van der Waals surface area contributed by atoms with Gasteiger partial charge in [0.05, 0.1) is 17.7 Å². The van der Waals surface area contributed by atoms with Crippen LogP contribution in [0.25, 0.3) is 0 Å². The van der Waals surface area contributed by atoms with E-state index in [1.165, 1.54) is 18.3 Å². The van der Waals surface area contributed by atoms with Crippen LogP contribution in [0.5, 0.6) is 0 Å². The van der Waals surface area contributed by atoms with E-state index in [1.54, 1.807) is 37.8 Å². The lowest BCUT2D eigenvalue weighted by atomic mass is 10.0. The summed E-state index contributed by atoms with van der Waals surface area (Å²) in [6.07, 6.45) is -3.53. The van der Waals surface area contributed by atoms with Crippen LogP contribution < -0.4 is 5.32 Å². The molecule has 0 unspecified atom stereocenters. The van der Waals surface area contributed by atoms with Crippen molar-refractivity contribution in [3.8, 4) is 0 Å². The van der Waals surface area contributed by atoms with Gasteiger partial charge in [-0.25, -0.2) is 4.79 Å². The smallest absolute Gasteiger partial charge is 0.416 e. The zero-order valence-electron chi connectivity index (χ0n) is 19.8. The molecule has 1 aliphatic rings. The van der Waals surface area contributed by atoms with E-state index < -0.39 is 29.3 Å². The molecule has 35 heavy (non-hydrogen) atoms. The molecule has 1 N–H and O–H groups in total. The Balaban J connectivity index is 1.64. The maximum atomic E-state index is 13.8. The number of carbonyl (C=O) groups excluding carboxylic acids is 2. The predicted octanol–water partition coefficient (Wildman–Crippen LogP) is 5.10. The van der Waals surface area contributed by atoms with E-state index in [0.717, 1.165) is 10.5 Å². The zero-order valence-corrected chi connectivity index (χ0v) is 21.4. The summed E-state index contributed by atoms with van der Waals surface area (Å²) in [4.78, 5) is 32.1. The highest BCUT2D eigenvalue weighted by molar-refractivity contribution is 9.10. The number of halogens is 4. The molecule has 0 spiro atoms. The summed E-state index contributed by atoms with van der Waals surface area (Å²) in [5.41, 5.74) is -0.743. The second kappa shape index (κ2) is 10.9. The molecule has 0 saturated carbocycles. The van der Waals surface area contributed by atoms with Crippen LogP contribution in [0.3, 0.4) is 0 Å². The highest BCUT2D eigenvalue weighted by Gasteiger charge is 2.35. The minimum atomic E-state index is -4.58. The van der Waals surface area contributed by atoms with E-state index in [1.807, 2.05) is 4.90 Å². The van der Waals surface area contributed by atoms with Crippen LogP contribution in [0.2, 0.25) is 0 Å². The molecule has 1 aromatic heterocycles. The Bertz CT molecular complexity index is 1060. The van der Waals surface area contributed by atoms with Crippen molar-refractivity contribution >= 4 is 33.6 Å². The fraction of sp³-hybridized carbons (Fsp3) is 0.458. The number of nitrogens with zero attached hydrogens (tertiary/aromatic N) is 3. The van der Waals surface area contributed by atoms with Gasteiger partial charge in [0.15, 0.2) is 0 Å². The largest absolute Gasteiger partial charge is 0.444 e. The number of pyridine rings is 1. The number of rotatable bonds is 5. The van der Waals surface area contributed by atoms with Crippen molar-refractivity contribution in [2.24, 2.45) is 0 Å². The molecular weight excluding hydrogens is 529 g/mol. The van der Waals surface area contributed by atoms with E-state index in [2.05, 4.69) is 26.2 Å². The first kappa shape index (κ1) is 26.9. The Morgan fingerprint density at radius 3 is 2.37 bits per heavy atom. The summed E-state index contributed by atoms with van der Waals surface area (Å²) in [6, 6.07) is 7.20. The van der Waals surface area contributed by atoms with Gasteiger partial charge in [0.2, 0.25) is 5.91 Å². The van der Waals surface area contributed by atoms with Crippen LogP contribution in [-0.4, -0.2) is 58.6 Å². The lowest BCUT2D eigenvalue weighted by Gasteiger charge is -2.36. The molecule has 0 bridgehead atoms. The maximum absolute atomic E-state index is 13.8. The van der Waals surface area contributed by atoms with Gasteiger partial charge < -0.3 is 15.0 Å². The van der Waals surface area contributed by atoms with Gasteiger partial charge in [-0.05, 0) is 50.6 Å². The van der Waals surface area contributed by atoms with Crippen molar-refractivity contribution in [3.05, 3.63) is 57.8 Å². The van der Waals surface area contributed by atoms with Gasteiger partial charge in [-0.15, -0.1) is 0 Å². The zero-order chi connectivity index (χ0) is 25.8. The Morgan fingerprint density at radius 2 is 1.77 bits per heavy atom. The van der Waals surface area contributed by atoms with Gasteiger partial charge in [-0.1, -0.05) is 22.0 Å². The van der Waals surface area contributed by atoms with Crippen molar-refractivity contribution in [2.45, 2.75) is 45.5 Å². The third-order valence-electron chi connectivity index (χ3n) is 5.24. The lowest BCUT2D eigenvalue weighted by Crippen LogP contribution is -2.49. The van der Waals surface area contributed by atoms with E-state index >= 15 is 0 Å². The molecule has 2 amide bonds. The van der Waals surface area contributed by atoms with E-state index in [9.17, 15) is 22.8 Å². The van der Waals surface area contributed by atoms with Gasteiger partial charge in [-0.2, -0.15) is 13.2 Å². The predicted molar refractivity (Wildman–Crippen MR) is 129 cm³/mol. The monoisotopic (exact) mass is 556 g/mol. The highest BCUT2D eigenvalue weighted by Crippen LogP contribution is 2.34. The molecule has 0 radical (unpaired) electrons. The minimum absolute atomic E-state index is 0.0650. The molecular formula is C24H28BrF3N4O3. The van der Waals surface area contributed by atoms with Gasteiger partial charge in [0.1, 0.15) is 5.60 Å². The van der Waals surface area contributed by atoms with Crippen LogP contribution >= 0.6 is 15.9 Å². The number of hydrogen-bond donors (Lipinski definition) is 1. The molecule has 190 valence electrons. The summed E-state index contributed by atoms with van der Waals surface area (Å²) in [5.74, 6) is -0.463. The molecule has 1 saturated heterocycles. The molecule has 2 aromatic rings. The van der Waals surface area contributed by atoms with Gasteiger partial charge in [-0.3, -0.25) is 14.7 Å². The molecule has 0 atom stereocenters. The van der Waals surface area contributed by atoms with Crippen molar-refractivity contribution < 1.29 is 27.5 Å². The van der Waals surface area contributed by atoms with Gasteiger partial charge >= 0.3 is 12.3 Å². The van der Waals surface area contributed by atoms with Crippen LogP contribution in [0.4, 0.5) is 23.7 Å². The fourth-order valence-corrected chi connectivity index (χ4v) is 4.01. The van der Waals surface area contributed by atoms with Crippen LogP contribution in [0.1, 0.15) is 37.6 Å².